The number of fused-ring (bicyclic) bond motifs is 1. The van der Waals surface area contributed by atoms with E-state index in [1.807, 2.05) is 0 Å². The van der Waals surface area contributed by atoms with E-state index >= 15 is 0 Å². The molecule has 0 aliphatic carbocycles. The topological polar surface area (TPSA) is 133 Å². The molecule has 0 aromatic heterocycles. The lowest BCUT2D eigenvalue weighted by atomic mass is 10.2. The number of hydrogen-bond acceptors (Lipinski definition) is 7. The van der Waals surface area contributed by atoms with E-state index in [4.69, 9.17) is 0 Å². The predicted molar refractivity (Wildman–Crippen MR) is 35.4 cm³/mol. The Morgan fingerprint density at radius 2 is 2.08 bits per heavy atom. The second kappa shape index (κ2) is 2.04. The van der Waals surface area contributed by atoms with Gasteiger partial charge in [0, 0.05) is 0 Å². The van der Waals surface area contributed by atoms with E-state index in [1.54, 1.807) is 5.32 Å². The first-order valence-electron chi connectivity index (χ1n) is 3.18. The van der Waals surface area contributed by atoms with Crippen molar-refractivity contribution in [2.75, 3.05) is 0 Å². The lowest BCUT2D eigenvalue weighted by Crippen LogP contribution is -2.58. The van der Waals surface area contributed by atoms with Gasteiger partial charge in [-0.05, 0) is 0 Å². The number of aliphatic hydroxyl groups is 1. The van der Waals surface area contributed by atoms with Crippen molar-refractivity contribution in [3.63, 3.8) is 0 Å². The van der Waals surface area contributed by atoms with Gasteiger partial charge in [-0.15, -0.1) is 0 Å². The molecule has 0 aromatic rings. The summed E-state index contributed by atoms with van der Waals surface area (Å²) < 4.78 is 0. The highest BCUT2D eigenvalue weighted by molar-refractivity contribution is 6.24. The first-order chi connectivity index (χ1) is 6.02. The van der Waals surface area contributed by atoms with Crippen LogP contribution in [0.2, 0.25) is 0 Å². The van der Waals surface area contributed by atoms with Crippen LogP contribution >= 0.6 is 0 Å². The Balaban J connectivity index is 2.55. The summed E-state index contributed by atoms with van der Waals surface area (Å²) in [7, 11) is 0. The summed E-state index contributed by atoms with van der Waals surface area (Å²) in [5, 5.41) is 32.3. The van der Waals surface area contributed by atoms with E-state index < -0.39 is 29.5 Å². The van der Waals surface area contributed by atoms with Crippen molar-refractivity contribution in [2.45, 2.75) is 5.72 Å². The predicted octanol–water partition coefficient (Wildman–Crippen LogP) is -4.35. The van der Waals surface area contributed by atoms with Crippen molar-refractivity contribution >= 4 is 23.8 Å². The summed E-state index contributed by atoms with van der Waals surface area (Å²) in [5.41, 5.74) is -2.41. The van der Waals surface area contributed by atoms with E-state index in [0.29, 0.717) is 0 Å². The maximum absolute atomic E-state index is 11.0. The summed E-state index contributed by atoms with van der Waals surface area (Å²) in [6.45, 7) is 0. The summed E-state index contributed by atoms with van der Waals surface area (Å²) in [6, 6.07) is -2.01. The number of amidine groups is 3. The zero-order valence-corrected chi connectivity index (χ0v) is 6.01. The molecule has 2 N–H and O–H groups in total. The van der Waals surface area contributed by atoms with Crippen LogP contribution in [0.1, 0.15) is 0 Å². The van der Waals surface area contributed by atoms with Crippen molar-refractivity contribution in [3.8, 4) is 0 Å². The molecular weight excluding hydrogens is 180 g/mol. The Morgan fingerprint density at radius 3 is 2.77 bits per heavy atom. The van der Waals surface area contributed by atoms with Gasteiger partial charge < -0.3 is 20.6 Å². The zero-order chi connectivity index (χ0) is 9.64. The van der Waals surface area contributed by atoms with Crippen LogP contribution in [0.15, 0.2) is 15.0 Å². The van der Waals surface area contributed by atoms with Crippen molar-refractivity contribution in [2.24, 2.45) is 15.0 Å². The van der Waals surface area contributed by atoms with Crippen LogP contribution in [-0.2, 0) is 4.79 Å². The molecule has 0 spiro atoms. The van der Waals surface area contributed by atoms with Crippen molar-refractivity contribution < 1.29 is 20.1 Å². The largest absolute Gasteiger partial charge is 0.846 e. The minimum atomic E-state index is -2.41. The average Bonchev–Trinajstić information content (AvgIpc) is 2.26. The van der Waals surface area contributed by atoms with Crippen LogP contribution in [0.4, 0.5) is 0 Å². The van der Waals surface area contributed by atoms with Gasteiger partial charge in [0.05, 0.1) is 12.0 Å². The molecule has 13 heavy (non-hydrogen) atoms. The molecule has 0 saturated heterocycles. The molecule has 2 heterocycles. The monoisotopic (exact) mass is 182 g/mol. The number of carbonyl (C=O) groups is 1. The number of nitrogens with one attached hydrogen (secondary N) is 1. The van der Waals surface area contributed by atoms with E-state index in [-0.39, 0.29) is 0 Å². The van der Waals surface area contributed by atoms with Crippen LogP contribution in [0.5, 0.6) is 0 Å². The van der Waals surface area contributed by atoms with E-state index in [1.165, 1.54) is 0 Å². The number of amides is 1. The highest BCUT2D eigenvalue weighted by Gasteiger charge is 2.46. The maximum Gasteiger partial charge on any atom is 0.299 e. The second-order valence-corrected chi connectivity index (χ2v) is 2.37. The van der Waals surface area contributed by atoms with Crippen molar-refractivity contribution in [3.05, 3.63) is 0 Å². The summed E-state index contributed by atoms with van der Waals surface area (Å²) in [4.78, 5) is 20.2. The number of carbonyl (C=O) groups excluding carboxylic acids is 1. The van der Waals surface area contributed by atoms with Crippen LogP contribution in [0, 0.1) is 0 Å². The Morgan fingerprint density at radius 1 is 1.38 bits per heavy atom. The Hall–Kier alpha value is -1.96. The number of aliphatic imine (C=N–C) groups is 3. The second-order valence-electron chi connectivity index (χ2n) is 2.37. The lowest BCUT2D eigenvalue weighted by molar-refractivity contribution is -0.223. The van der Waals surface area contributed by atoms with E-state index in [2.05, 4.69) is 15.0 Å². The van der Waals surface area contributed by atoms with Gasteiger partial charge in [0.25, 0.3) is 11.6 Å². The SMILES string of the molecule is O=C1NC([O-])=NC2=NC([O-])=NC12O. The molecule has 0 saturated carbocycles. The van der Waals surface area contributed by atoms with Gasteiger partial charge in [0.15, 0.2) is 5.84 Å². The van der Waals surface area contributed by atoms with Gasteiger partial charge in [-0.3, -0.25) is 4.79 Å². The van der Waals surface area contributed by atoms with E-state index in [0.717, 1.165) is 0 Å². The normalized spacial score (nSPS) is 31.5. The fraction of sp³-hybridized carbons (Fsp3) is 0.200. The molecule has 0 aromatic carbocycles. The third-order valence-electron chi connectivity index (χ3n) is 1.52. The first kappa shape index (κ1) is 7.68. The molecule has 8 heteroatoms. The third kappa shape index (κ3) is 0.888. The van der Waals surface area contributed by atoms with Gasteiger partial charge in [0.1, 0.15) is 0 Å². The minimum Gasteiger partial charge on any atom is -0.846 e. The van der Waals surface area contributed by atoms with Gasteiger partial charge in [0.2, 0.25) is 0 Å². The standard InChI is InChI=1S/C5H4N4O4/c10-2-5(13)1(6-3(11)8-2)7-4(12)9-5/h13H,(H3,6,7,8,9,10,11,12)/p-2. The van der Waals surface area contributed by atoms with Crippen molar-refractivity contribution in [1.82, 2.24) is 5.32 Å². The Labute approximate surface area is 71.0 Å². The van der Waals surface area contributed by atoms with Crippen LogP contribution in [-0.4, -0.2) is 34.6 Å². The zero-order valence-electron chi connectivity index (χ0n) is 6.01. The van der Waals surface area contributed by atoms with Gasteiger partial charge in [-0.1, -0.05) is 0 Å². The number of hydrogen-bond donors (Lipinski definition) is 2. The van der Waals surface area contributed by atoms with E-state index in [9.17, 15) is 20.1 Å². The summed E-state index contributed by atoms with van der Waals surface area (Å²) in [5.74, 6) is -1.69. The average molecular weight is 182 g/mol. The van der Waals surface area contributed by atoms with Gasteiger partial charge in [-0.25, -0.2) is 15.0 Å². The molecule has 1 unspecified atom stereocenters. The maximum atomic E-state index is 11.0. The number of rotatable bonds is 0. The molecule has 2 rings (SSSR count). The molecule has 68 valence electrons. The molecule has 0 bridgehead atoms. The quantitative estimate of drug-likeness (QED) is 0.391. The fourth-order valence-corrected chi connectivity index (χ4v) is 0.946. The molecule has 0 fully saturated rings. The Bertz CT molecular complexity index is 384. The van der Waals surface area contributed by atoms with Crippen LogP contribution < -0.4 is 15.5 Å². The molecular formula is C5H2N4O4-2. The molecule has 0 radical (unpaired) electrons. The van der Waals surface area contributed by atoms with Crippen LogP contribution in [0.3, 0.4) is 0 Å². The summed E-state index contributed by atoms with van der Waals surface area (Å²) in [6.07, 6.45) is 0. The molecule has 2 aliphatic heterocycles. The van der Waals surface area contributed by atoms with Crippen molar-refractivity contribution in [1.29, 1.82) is 0 Å². The summed E-state index contributed by atoms with van der Waals surface area (Å²) >= 11 is 0. The molecule has 1 amide bonds. The lowest BCUT2D eigenvalue weighted by Gasteiger charge is -2.26. The molecule has 1 atom stereocenters. The fourth-order valence-electron chi connectivity index (χ4n) is 0.946. The first-order valence-corrected chi connectivity index (χ1v) is 3.18. The Kier molecular flexibility index (Phi) is 1.21. The highest BCUT2D eigenvalue weighted by atomic mass is 16.3. The third-order valence-corrected chi connectivity index (χ3v) is 1.52. The van der Waals surface area contributed by atoms with Crippen LogP contribution in [0.25, 0.3) is 0 Å². The molecule has 2 aliphatic rings. The van der Waals surface area contributed by atoms with Gasteiger partial charge >= 0.3 is 0 Å². The smallest absolute Gasteiger partial charge is 0.299 e. The van der Waals surface area contributed by atoms with Gasteiger partial charge in [-0.2, -0.15) is 0 Å². The molecule has 8 nitrogen and oxygen atoms in total. The highest BCUT2D eigenvalue weighted by Crippen LogP contribution is 2.18. The minimum absolute atomic E-state index is 0.578. The number of nitrogens with zero attached hydrogens (tertiary/aromatic N) is 3.